The van der Waals surface area contributed by atoms with Crippen LogP contribution in [0.25, 0.3) is 16.8 Å². The fourth-order valence-corrected chi connectivity index (χ4v) is 3.63. The van der Waals surface area contributed by atoms with Gasteiger partial charge in [0.15, 0.2) is 10.9 Å². The molecule has 4 rings (SSSR count). The fourth-order valence-electron chi connectivity index (χ4n) is 2.69. The summed E-state index contributed by atoms with van der Waals surface area (Å²) in [6.07, 6.45) is 0. The number of fused-ring (bicyclic) bond motifs is 3. The van der Waals surface area contributed by atoms with Crippen LogP contribution in [0.1, 0.15) is 22.8 Å². The molecule has 0 radical (unpaired) electrons. The molecular formula is C18H16N4OS. The van der Waals surface area contributed by atoms with E-state index in [1.807, 2.05) is 66.8 Å². The smallest absolute Gasteiger partial charge is 0.231 e. The molecule has 0 saturated carbocycles. The number of hydrogen-bond donors (Lipinski definition) is 1. The van der Waals surface area contributed by atoms with Gasteiger partial charge in [-0.15, -0.1) is 5.10 Å². The first-order valence-electron chi connectivity index (χ1n) is 7.72. The second kappa shape index (κ2) is 5.79. The molecule has 0 bridgehead atoms. The van der Waals surface area contributed by atoms with Crippen molar-refractivity contribution in [1.82, 2.24) is 19.6 Å². The molecule has 1 atom stereocenters. The average Bonchev–Trinajstić information content (AvgIpc) is 3.14. The number of nitrogens with zero attached hydrogens (tertiary/aromatic N) is 3. The van der Waals surface area contributed by atoms with Crippen LogP contribution in [0.4, 0.5) is 0 Å². The van der Waals surface area contributed by atoms with Crippen molar-refractivity contribution in [1.29, 1.82) is 0 Å². The lowest BCUT2D eigenvalue weighted by Crippen LogP contribution is -2.14. The molecule has 5 nitrogen and oxygen atoms in total. The van der Waals surface area contributed by atoms with Crippen molar-refractivity contribution in [3.63, 3.8) is 0 Å². The number of carbonyl (C=O) groups excluding carboxylic acids is 1. The summed E-state index contributed by atoms with van der Waals surface area (Å²) in [5, 5.41) is 7.77. The van der Waals surface area contributed by atoms with Gasteiger partial charge in [-0.05, 0) is 26.0 Å². The number of aryl methyl sites for hydroxylation is 1. The number of carbonyl (C=O) groups is 1. The highest BCUT2D eigenvalue weighted by Crippen LogP contribution is 2.27. The lowest BCUT2D eigenvalue weighted by molar-refractivity contribution is 0.0994. The molecule has 4 aromatic rings. The van der Waals surface area contributed by atoms with Gasteiger partial charge in [0.1, 0.15) is 0 Å². The monoisotopic (exact) mass is 336 g/mol. The average molecular weight is 336 g/mol. The molecule has 1 N–H and O–H groups in total. The standard InChI is InChI=1S/C18H16N4OS/c1-11-7-9-13(10-8-11)16(23)12(2)24-18-21-20-17-19-14-5-3-4-6-15(14)22(17)18/h3-10,12H,1-2H3,(H,19,20)/t12-/m0/s1. The van der Waals surface area contributed by atoms with Gasteiger partial charge in [-0.2, -0.15) is 0 Å². The number of para-hydroxylation sites is 2. The molecule has 0 fully saturated rings. The van der Waals surface area contributed by atoms with Gasteiger partial charge in [0.25, 0.3) is 0 Å². The maximum atomic E-state index is 12.6. The highest BCUT2D eigenvalue weighted by molar-refractivity contribution is 8.00. The van der Waals surface area contributed by atoms with Gasteiger partial charge in [-0.25, -0.2) is 10.1 Å². The Kier molecular flexibility index (Phi) is 3.61. The molecule has 0 spiro atoms. The van der Waals surface area contributed by atoms with Crippen molar-refractivity contribution in [3.8, 4) is 0 Å². The van der Waals surface area contributed by atoms with E-state index in [4.69, 9.17) is 0 Å². The molecule has 6 heteroatoms. The van der Waals surface area contributed by atoms with E-state index in [1.54, 1.807) is 0 Å². The summed E-state index contributed by atoms with van der Waals surface area (Å²) < 4.78 is 1.96. The summed E-state index contributed by atoms with van der Waals surface area (Å²) in [4.78, 5) is 17.1. The van der Waals surface area contributed by atoms with Crippen LogP contribution >= 0.6 is 11.8 Å². The second-order valence-corrected chi connectivity index (χ2v) is 7.06. The van der Waals surface area contributed by atoms with E-state index >= 15 is 0 Å². The molecule has 0 aliphatic heterocycles. The van der Waals surface area contributed by atoms with Crippen LogP contribution in [0.15, 0.2) is 53.7 Å². The van der Waals surface area contributed by atoms with E-state index in [2.05, 4.69) is 15.2 Å². The normalized spacial score (nSPS) is 12.8. The molecule has 2 aromatic heterocycles. The van der Waals surface area contributed by atoms with Crippen LogP contribution in [0.3, 0.4) is 0 Å². The zero-order valence-corrected chi connectivity index (χ0v) is 14.2. The minimum atomic E-state index is -0.236. The van der Waals surface area contributed by atoms with Crippen LogP contribution in [-0.2, 0) is 0 Å². The van der Waals surface area contributed by atoms with Gasteiger partial charge in [-0.3, -0.25) is 9.20 Å². The number of H-pyrrole nitrogens is 1. The third-order valence-corrected chi connectivity index (χ3v) is 5.04. The van der Waals surface area contributed by atoms with Gasteiger partial charge in [0, 0.05) is 5.56 Å². The highest BCUT2D eigenvalue weighted by Gasteiger charge is 2.20. The van der Waals surface area contributed by atoms with E-state index in [9.17, 15) is 4.79 Å². The largest absolute Gasteiger partial charge is 0.293 e. The zero-order chi connectivity index (χ0) is 16.7. The minimum absolute atomic E-state index is 0.0978. The first-order valence-corrected chi connectivity index (χ1v) is 8.60. The van der Waals surface area contributed by atoms with Crippen molar-refractivity contribution in [2.24, 2.45) is 0 Å². The molecular weight excluding hydrogens is 320 g/mol. The first kappa shape index (κ1) is 15.0. The molecule has 0 amide bonds. The Labute approximate surface area is 143 Å². The number of hydrogen-bond acceptors (Lipinski definition) is 4. The van der Waals surface area contributed by atoms with Crippen LogP contribution in [0, 0.1) is 6.92 Å². The summed E-state index contributed by atoms with van der Waals surface area (Å²) in [7, 11) is 0. The lowest BCUT2D eigenvalue weighted by Gasteiger charge is -2.09. The van der Waals surface area contributed by atoms with E-state index < -0.39 is 0 Å². The van der Waals surface area contributed by atoms with Crippen molar-refractivity contribution in [3.05, 3.63) is 59.7 Å². The molecule has 0 unspecified atom stereocenters. The summed E-state index contributed by atoms with van der Waals surface area (Å²) in [5.41, 5.74) is 3.76. The van der Waals surface area contributed by atoms with Gasteiger partial charge >= 0.3 is 0 Å². The van der Waals surface area contributed by atoms with E-state index in [0.717, 1.165) is 27.3 Å². The van der Waals surface area contributed by atoms with Gasteiger partial charge < -0.3 is 0 Å². The van der Waals surface area contributed by atoms with E-state index in [1.165, 1.54) is 11.8 Å². The number of benzene rings is 2. The van der Waals surface area contributed by atoms with Crippen LogP contribution < -0.4 is 0 Å². The summed E-state index contributed by atoms with van der Waals surface area (Å²) in [6.45, 7) is 3.92. The molecule has 120 valence electrons. The first-order chi connectivity index (χ1) is 11.6. The third kappa shape index (κ3) is 2.49. The Morgan fingerprint density at radius 3 is 2.71 bits per heavy atom. The van der Waals surface area contributed by atoms with Gasteiger partial charge in [0.05, 0.1) is 16.3 Å². The Bertz CT molecular complexity index is 1030. The van der Waals surface area contributed by atoms with Crippen LogP contribution in [0.2, 0.25) is 0 Å². The zero-order valence-electron chi connectivity index (χ0n) is 13.4. The molecule has 2 heterocycles. The van der Waals surface area contributed by atoms with Crippen molar-refractivity contribution >= 4 is 34.4 Å². The van der Waals surface area contributed by atoms with Crippen molar-refractivity contribution in [2.45, 2.75) is 24.3 Å². The predicted octanol–water partition coefficient (Wildman–Crippen LogP) is 3.88. The molecule has 0 saturated heterocycles. The Morgan fingerprint density at radius 1 is 1.17 bits per heavy atom. The molecule has 2 aromatic carbocycles. The third-order valence-electron chi connectivity index (χ3n) is 3.99. The van der Waals surface area contributed by atoms with Gasteiger partial charge in [-0.1, -0.05) is 53.7 Å². The number of aromatic amines is 1. The predicted molar refractivity (Wildman–Crippen MR) is 95.7 cm³/mol. The molecule has 0 aliphatic rings. The second-order valence-electron chi connectivity index (χ2n) is 5.76. The summed E-state index contributed by atoms with van der Waals surface area (Å²) >= 11 is 1.44. The number of Topliss-reactive ketones (excluding diaryl/α,β-unsaturated/α-hetero) is 1. The number of thioether (sulfide) groups is 1. The maximum absolute atomic E-state index is 12.6. The van der Waals surface area contributed by atoms with E-state index in [-0.39, 0.29) is 11.0 Å². The van der Waals surface area contributed by atoms with Gasteiger partial charge in [0.2, 0.25) is 5.78 Å². The molecule has 24 heavy (non-hydrogen) atoms. The summed E-state index contributed by atoms with van der Waals surface area (Å²) in [6, 6.07) is 15.6. The van der Waals surface area contributed by atoms with Crippen LogP contribution in [0.5, 0.6) is 0 Å². The number of nitrogens with one attached hydrogen (secondary N) is 1. The minimum Gasteiger partial charge on any atom is -0.293 e. The maximum Gasteiger partial charge on any atom is 0.231 e. The Morgan fingerprint density at radius 2 is 1.92 bits per heavy atom. The highest BCUT2D eigenvalue weighted by atomic mass is 32.2. The number of rotatable bonds is 4. The van der Waals surface area contributed by atoms with E-state index in [0.29, 0.717) is 5.78 Å². The SMILES string of the molecule is Cc1ccc(C(=O)[C@H](C)Sc2n[nH]c3nc4ccccc4n23)cc1. The topological polar surface area (TPSA) is 63.0 Å². The summed E-state index contributed by atoms with van der Waals surface area (Å²) in [5.74, 6) is 0.786. The lowest BCUT2D eigenvalue weighted by atomic mass is 10.1. The number of imidazole rings is 1. The van der Waals surface area contributed by atoms with Crippen molar-refractivity contribution < 1.29 is 4.79 Å². The number of aromatic nitrogens is 4. The van der Waals surface area contributed by atoms with Crippen LogP contribution in [-0.4, -0.2) is 30.6 Å². The Hall–Kier alpha value is -2.60. The fraction of sp³-hybridized carbons (Fsp3) is 0.167. The molecule has 0 aliphatic carbocycles. The number of ketones is 1. The quantitative estimate of drug-likeness (QED) is 0.454. The Balaban J connectivity index is 1.66. The van der Waals surface area contributed by atoms with Crippen molar-refractivity contribution in [2.75, 3.05) is 0 Å².